The molecule has 3 aromatic carbocycles. The maximum atomic E-state index is 13.6. The summed E-state index contributed by atoms with van der Waals surface area (Å²) in [6, 6.07) is 23.5. The van der Waals surface area contributed by atoms with Crippen molar-refractivity contribution in [3.05, 3.63) is 95.6 Å². The second-order valence-corrected chi connectivity index (χ2v) is 10.5. The molecule has 1 aliphatic heterocycles. The van der Waals surface area contributed by atoms with E-state index in [0.717, 1.165) is 27.8 Å². The average Bonchev–Trinajstić information content (AvgIpc) is 3.53. The van der Waals surface area contributed by atoms with Crippen LogP contribution in [-0.4, -0.2) is 58.7 Å². The number of nitrogens with one attached hydrogen (secondary N) is 1. The van der Waals surface area contributed by atoms with Crippen LogP contribution in [-0.2, 0) is 30.5 Å². The van der Waals surface area contributed by atoms with Crippen molar-refractivity contribution in [2.75, 3.05) is 13.2 Å². The Morgan fingerprint density at radius 3 is 2.17 bits per heavy atom. The molecule has 9 heteroatoms. The Bertz CT molecular complexity index is 1410. The lowest BCUT2D eigenvalue weighted by molar-refractivity contribution is -0.157. The van der Waals surface area contributed by atoms with Gasteiger partial charge in [0.15, 0.2) is 0 Å². The molecule has 0 spiro atoms. The molecule has 0 radical (unpaired) electrons. The number of carbonyl (C=O) groups is 4. The number of hydrogen-bond acceptors (Lipinski definition) is 6. The number of carboxylic acid groups (broad SMARTS) is 1. The Kier molecular flexibility index (Phi) is 8.05. The maximum absolute atomic E-state index is 13.6. The Hall–Kier alpha value is -4.66. The number of nitrogens with zero attached hydrogens (tertiary/aromatic N) is 1. The highest BCUT2D eigenvalue weighted by Gasteiger charge is 2.48. The first-order valence-electron chi connectivity index (χ1n) is 13.6. The van der Waals surface area contributed by atoms with Crippen LogP contribution in [0.25, 0.3) is 11.1 Å². The molecule has 5 rings (SSSR count). The predicted octanol–water partition coefficient (Wildman–Crippen LogP) is 4.49. The van der Waals surface area contributed by atoms with E-state index in [1.807, 2.05) is 66.7 Å². The summed E-state index contributed by atoms with van der Waals surface area (Å²) in [5.74, 6) is -2.71. The number of benzene rings is 3. The molecule has 0 saturated carbocycles. The summed E-state index contributed by atoms with van der Waals surface area (Å²) in [4.78, 5) is 52.6. The number of alkyl carbamates (subject to hydrolysis) is 1. The Morgan fingerprint density at radius 1 is 0.927 bits per heavy atom. The van der Waals surface area contributed by atoms with Crippen LogP contribution in [0.2, 0.25) is 0 Å². The quantitative estimate of drug-likeness (QED) is 0.372. The van der Waals surface area contributed by atoms with Gasteiger partial charge in [-0.05, 0) is 47.6 Å². The molecule has 1 heterocycles. The average molecular weight is 557 g/mol. The number of hydrogen-bond donors (Lipinski definition) is 2. The minimum atomic E-state index is -1.44. The van der Waals surface area contributed by atoms with Crippen molar-refractivity contribution in [1.82, 2.24) is 10.2 Å². The van der Waals surface area contributed by atoms with Gasteiger partial charge >= 0.3 is 18.0 Å². The standard InChI is InChI=1S/C32H32N2O7/c1-32(30(37)38)16-9-17-34(32)29(36)27(18-28(35)40-19-21-10-3-2-4-11-21)33-31(39)41-20-26-24-14-7-5-12-22(24)23-13-6-8-15-25(23)26/h2-8,10-15,26-27H,9,16-20H2,1H3,(H,33,39)(H,37,38)/t27-,32?/m0/s1. The predicted molar refractivity (Wildman–Crippen MR) is 150 cm³/mol. The summed E-state index contributed by atoms with van der Waals surface area (Å²) in [7, 11) is 0. The van der Waals surface area contributed by atoms with E-state index < -0.39 is 41.9 Å². The van der Waals surface area contributed by atoms with Gasteiger partial charge in [-0.2, -0.15) is 0 Å². The number of ether oxygens (including phenoxy) is 2. The molecule has 1 fully saturated rings. The summed E-state index contributed by atoms with van der Waals surface area (Å²) >= 11 is 0. The van der Waals surface area contributed by atoms with Crippen LogP contribution < -0.4 is 5.32 Å². The largest absolute Gasteiger partial charge is 0.480 e. The number of carboxylic acids is 1. The molecule has 1 aliphatic carbocycles. The van der Waals surface area contributed by atoms with Crippen LogP contribution in [0.3, 0.4) is 0 Å². The van der Waals surface area contributed by atoms with Crippen molar-refractivity contribution in [2.24, 2.45) is 0 Å². The molecule has 2 atom stereocenters. The molecule has 41 heavy (non-hydrogen) atoms. The highest BCUT2D eigenvalue weighted by molar-refractivity contribution is 5.94. The van der Waals surface area contributed by atoms with E-state index in [2.05, 4.69) is 5.32 Å². The van der Waals surface area contributed by atoms with Crippen molar-refractivity contribution in [3.8, 4) is 11.1 Å². The topological polar surface area (TPSA) is 122 Å². The monoisotopic (exact) mass is 556 g/mol. The fourth-order valence-corrected chi connectivity index (χ4v) is 5.67. The SMILES string of the molecule is CC1(C(=O)O)CCCN1C(=O)[C@H](CC(=O)OCc1ccccc1)NC(=O)OCC1c2ccccc2-c2ccccc21. The molecule has 1 unspecified atom stereocenters. The number of rotatable bonds is 9. The molecule has 9 nitrogen and oxygen atoms in total. The second kappa shape index (κ2) is 11.8. The second-order valence-electron chi connectivity index (χ2n) is 10.5. The number of fused-ring (bicyclic) bond motifs is 3. The number of aliphatic carboxylic acids is 1. The zero-order valence-corrected chi connectivity index (χ0v) is 22.7. The first kappa shape index (κ1) is 27.9. The first-order valence-corrected chi connectivity index (χ1v) is 13.6. The summed E-state index contributed by atoms with van der Waals surface area (Å²) in [6.45, 7) is 1.69. The lowest BCUT2D eigenvalue weighted by Gasteiger charge is -2.33. The first-order chi connectivity index (χ1) is 19.8. The number of carbonyl (C=O) groups excluding carboxylic acids is 3. The number of likely N-dealkylation sites (tertiary alicyclic amines) is 1. The minimum absolute atomic E-state index is 0.00207. The van der Waals surface area contributed by atoms with Gasteiger partial charge < -0.3 is 24.8 Å². The van der Waals surface area contributed by atoms with E-state index in [1.54, 1.807) is 12.1 Å². The van der Waals surface area contributed by atoms with Crippen LogP contribution in [0.1, 0.15) is 48.8 Å². The van der Waals surface area contributed by atoms with E-state index in [0.29, 0.717) is 6.42 Å². The lowest BCUT2D eigenvalue weighted by atomic mass is 9.98. The van der Waals surface area contributed by atoms with Crippen LogP contribution in [0.5, 0.6) is 0 Å². The van der Waals surface area contributed by atoms with E-state index >= 15 is 0 Å². The van der Waals surface area contributed by atoms with Crippen LogP contribution in [0, 0.1) is 0 Å². The van der Waals surface area contributed by atoms with Gasteiger partial charge in [0.1, 0.15) is 24.8 Å². The zero-order valence-electron chi connectivity index (χ0n) is 22.7. The summed E-state index contributed by atoms with van der Waals surface area (Å²) in [5, 5.41) is 12.3. The van der Waals surface area contributed by atoms with Gasteiger partial charge in [0.05, 0.1) is 6.42 Å². The minimum Gasteiger partial charge on any atom is -0.480 e. The van der Waals surface area contributed by atoms with E-state index in [4.69, 9.17) is 9.47 Å². The van der Waals surface area contributed by atoms with E-state index in [1.165, 1.54) is 11.8 Å². The van der Waals surface area contributed by atoms with E-state index in [-0.39, 0.29) is 32.1 Å². The smallest absolute Gasteiger partial charge is 0.407 e. The van der Waals surface area contributed by atoms with Gasteiger partial charge in [-0.25, -0.2) is 9.59 Å². The third kappa shape index (κ3) is 5.79. The fourth-order valence-electron chi connectivity index (χ4n) is 5.67. The Labute approximate surface area is 238 Å². The molecule has 212 valence electrons. The van der Waals surface area contributed by atoms with E-state index in [9.17, 15) is 24.3 Å². The van der Waals surface area contributed by atoms with Crippen molar-refractivity contribution in [3.63, 3.8) is 0 Å². The molecule has 2 amide bonds. The normalized spacial score (nSPS) is 18.2. The molecular weight excluding hydrogens is 524 g/mol. The van der Waals surface area contributed by atoms with Gasteiger partial charge in [0, 0.05) is 12.5 Å². The van der Waals surface area contributed by atoms with Gasteiger partial charge in [-0.1, -0.05) is 78.9 Å². The Morgan fingerprint density at radius 2 is 1.54 bits per heavy atom. The van der Waals surface area contributed by atoms with Gasteiger partial charge in [0.2, 0.25) is 5.91 Å². The molecule has 0 bridgehead atoms. The van der Waals surface area contributed by atoms with Gasteiger partial charge in [0.25, 0.3) is 0 Å². The molecule has 3 aromatic rings. The van der Waals surface area contributed by atoms with Gasteiger partial charge in [-0.3, -0.25) is 9.59 Å². The molecule has 2 N–H and O–H groups in total. The third-order valence-electron chi connectivity index (χ3n) is 7.92. The summed E-state index contributed by atoms with van der Waals surface area (Å²) in [5.41, 5.74) is 3.56. The van der Waals surface area contributed by atoms with Crippen LogP contribution >= 0.6 is 0 Å². The van der Waals surface area contributed by atoms with Crippen LogP contribution in [0.15, 0.2) is 78.9 Å². The third-order valence-corrected chi connectivity index (χ3v) is 7.92. The Balaban J connectivity index is 1.29. The number of amides is 2. The zero-order chi connectivity index (χ0) is 29.0. The maximum Gasteiger partial charge on any atom is 0.407 e. The highest BCUT2D eigenvalue weighted by atomic mass is 16.5. The van der Waals surface area contributed by atoms with Crippen molar-refractivity contribution in [1.29, 1.82) is 0 Å². The van der Waals surface area contributed by atoms with Crippen molar-refractivity contribution in [2.45, 2.75) is 50.3 Å². The number of esters is 1. The van der Waals surface area contributed by atoms with Gasteiger partial charge in [-0.15, -0.1) is 0 Å². The van der Waals surface area contributed by atoms with Crippen molar-refractivity contribution >= 4 is 23.9 Å². The molecule has 0 aromatic heterocycles. The summed E-state index contributed by atoms with van der Waals surface area (Å²) < 4.78 is 11.0. The van der Waals surface area contributed by atoms with Crippen LogP contribution in [0.4, 0.5) is 4.79 Å². The molecule has 2 aliphatic rings. The highest BCUT2D eigenvalue weighted by Crippen LogP contribution is 2.44. The molecular formula is C32H32N2O7. The fraction of sp³-hybridized carbons (Fsp3) is 0.312. The van der Waals surface area contributed by atoms with Crippen molar-refractivity contribution < 1.29 is 33.8 Å². The molecule has 1 saturated heterocycles. The lowest BCUT2D eigenvalue weighted by Crippen LogP contribution is -2.57. The summed E-state index contributed by atoms with van der Waals surface area (Å²) in [6.07, 6.45) is -0.589.